The molecular weight excluding hydrogens is 436 g/mol. The maximum absolute atomic E-state index is 12.9. The fourth-order valence-corrected chi connectivity index (χ4v) is 3.41. The smallest absolute Gasteiger partial charge is 0.336 e. The number of rotatable bonds is 8. The second kappa shape index (κ2) is 10.0. The first-order valence-corrected chi connectivity index (χ1v) is 9.88. The van der Waals surface area contributed by atoms with E-state index in [0.717, 1.165) is 0 Å². The number of benzene rings is 2. The third kappa shape index (κ3) is 5.29. The molecule has 1 aromatic heterocycles. The van der Waals surface area contributed by atoms with Crippen LogP contribution in [0.25, 0.3) is 11.1 Å². The molecule has 32 heavy (non-hydrogen) atoms. The van der Waals surface area contributed by atoms with Crippen LogP contribution in [-0.2, 0) is 11.2 Å². The lowest BCUT2D eigenvalue weighted by molar-refractivity contribution is -0.148. The van der Waals surface area contributed by atoms with Gasteiger partial charge in [0, 0.05) is 23.0 Å². The van der Waals surface area contributed by atoms with Crippen molar-refractivity contribution in [3.63, 3.8) is 0 Å². The highest BCUT2D eigenvalue weighted by atomic mass is 35.5. The third-order valence-corrected chi connectivity index (χ3v) is 5.19. The lowest BCUT2D eigenvalue weighted by Crippen LogP contribution is -2.48. The average molecular weight is 455 g/mol. The lowest BCUT2D eigenvalue weighted by atomic mass is 9.99. The van der Waals surface area contributed by atoms with Gasteiger partial charge in [0.15, 0.2) is 6.10 Å². The van der Waals surface area contributed by atoms with Gasteiger partial charge in [0.1, 0.15) is 0 Å². The van der Waals surface area contributed by atoms with Gasteiger partial charge in [-0.05, 0) is 35.7 Å². The topological polar surface area (TPSA) is 137 Å². The van der Waals surface area contributed by atoms with E-state index < -0.39 is 30.0 Å². The number of nitrogens with zero attached hydrogens (tertiary/aromatic N) is 1. The summed E-state index contributed by atoms with van der Waals surface area (Å²) in [5.41, 5.74) is 1.45. The van der Waals surface area contributed by atoms with Gasteiger partial charge in [-0.2, -0.15) is 0 Å². The van der Waals surface area contributed by atoms with Gasteiger partial charge < -0.3 is 20.6 Å². The first-order valence-electron chi connectivity index (χ1n) is 9.51. The molecule has 9 heteroatoms. The van der Waals surface area contributed by atoms with Crippen LogP contribution in [0.15, 0.2) is 67.0 Å². The molecule has 0 unspecified atom stereocenters. The van der Waals surface area contributed by atoms with E-state index >= 15 is 0 Å². The Balaban J connectivity index is 1.89. The maximum atomic E-state index is 12.9. The zero-order valence-corrected chi connectivity index (χ0v) is 17.4. The number of halogens is 1. The summed E-state index contributed by atoms with van der Waals surface area (Å²) in [5.74, 6) is -3.30. The van der Waals surface area contributed by atoms with Gasteiger partial charge in [-0.1, -0.05) is 48.0 Å². The van der Waals surface area contributed by atoms with Gasteiger partial charge in [0.25, 0.3) is 5.91 Å². The van der Waals surface area contributed by atoms with Crippen molar-refractivity contribution in [3.8, 4) is 11.1 Å². The highest BCUT2D eigenvalue weighted by Gasteiger charge is 2.28. The van der Waals surface area contributed by atoms with E-state index in [4.69, 9.17) is 11.6 Å². The Morgan fingerprint density at radius 1 is 1.00 bits per heavy atom. The Kier molecular flexibility index (Phi) is 7.19. The van der Waals surface area contributed by atoms with Crippen molar-refractivity contribution in [1.82, 2.24) is 10.3 Å². The largest absolute Gasteiger partial charge is 0.479 e. The molecule has 0 saturated heterocycles. The van der Waals surface area contributed by atoms with Gasteiger partial charge in [0.05, 0.1) is 17.2 Å². The number of aromatic nitrogens is 1. The molecule has 0 saturated carbocycles. The summed E-state index contributed by atoms with van der Waals surface area (Å²) >= 11 is 6.14. The third-order valence-electron chi connectivity index (χ3n) is 4.82. The Hall–Kier alpha value is -3.75. The molecule has 3 rings (SSSR count). The van der Waals surface area contributed by atoms with Crippen LogP contribution in [0.2, 0.25) is 5.02 Å². The SMILES string of the molecule is O=C(N[C@H](Cc1ccccc1Cl)[C@@H](O)C(=O)O)c1cncc(-c2ccccc2C(=O)O)c1. The standard InChI is InChI=1S/C23H19ClN2O6/c24-18-8-4-1-5-13(18)10-19(20(27)23(31)32)26-21(28)15-9-14(11-25-12-15)16-6-2-3-7-17(16)22(29)30/h1-9,11-12,19-20,27H,10H2,(H,26,28)(H,29,30)(H,31,32)/t19-,20-/m1/s1. The molecule has 1 amide bonds. The Morgan fingerprint density at radius 2 is 1.69 bits per heavy atom. The van der Waals surface area contributed by atoms with E-state index in [1.165, 1.54) is 24.5 Å². The van der Waals surface area contributed by atoms with Crippen LogP contribution in [0.5, 0.6) is 0 Å². The van der Waals surface area contributed by atoms with Crippen molar-refractivity contribution in [2.75, 3.05) is 0 Å². The Labute approximate surface area is 188 Å². The zero-order chi connectivity index (χ0) is 23.3. The van der Waals surface area contributed by atoms with E-state index in [9.17, 15) is 29.7 Å². The fourth-order valence-electron chi connectivity index (χ4n) is 3.20. The van der Waals surface area contributed by atoms with Crippen LogP contribution in [0.3, 0.4) is 0 Å². The van der Waals surface area contributed by atoms with Gasteiger partial charge in [-0.25, -0.2) is 9.59 Å². The van der Waals surface area contributed by atoms with E-state index in [1.807, 2.05) is 0 Å². The molecule has 0 fully saturated rings. The molecule has 2 aromatic carbocycles. The number of aliphatic carboxylic acids is 1. The van der Waals surface area contributed by atoms with Crippen LogP contribution in [0.1, 0.15) is 26.3 Å². The first-order chi connectivity index (χ1) is 15.3. The number of carbonyl (C=O) groups excluding carboxylic acids is 1. The molecule has 3 aromatic rings. The molecule has 4 N–H and O–H groups in total. The number of hydrogen-bond acceptors (Lipinski definition) is 5. The number of aromatic carboxylic acids is 1. The van der Waals surface area contributed by atoms with Crippen molar-refractivity contribution in [2.24, 2.45) is 0 Å². The maximum Gasteiger partial charge on any atom is 0.336 e. The van der Waals surface area contributed by atoms with Gasteiger partial charge in [0.2, 0.25) is 0 Å². The van der Waals surface area contributed by atoms with Crippen LogP contribution >= 0.6 is 11.6 Å². The van der Waals surface area contributed by atoms with Gasteiger partial charge in [-0.3, -0.25) is 9.78 Å². The predicted molar refractivity (Wildman–Crippen MR) is 117 cm³/mol. The summed E-state index contributed by atoms with van der Waals surface area (Å²) in [7, 11) is 0. The molecule has 0 aliphatic rings. The van der Waals surface area contributed by atoms with E-state index in [1.54, 1.807) is 42.5 Å². The molecule has 8 nitrogen and oxygen atoms in total. The number of hydrogen-bond donors (Lipinski definition) is 4. The van der Waals surface area contributed by atoms with E-state index in [-0.39, 0.29) is 17.5 Å². The van der Waals surface area contributed by atoms with Crippen LogP contribution in [0, 0.1) is 0 Å². The molecule has 164 valence electrons. The monoisotopic (exact) mass is 454 g/mol. The highest BCUT2D eigenvalue weighted by Crippen LogP contribution is 2.24. The minimum absolute atomic E-state index is 0.0200. The van der Waals surface area contributed by atoms with E-state index in [2.05, 4.69) is 10.3 Å². The molecule has 1 heterocycles. The predicted octanol–water partition coefficient (Wildman–Crippen LogP) is 2.89. The average Bonchev–Trinajstić information content (AvgIpc) is 2.79. The minimum Gasteiger partial charge on any atom is -0.479 e. The van der Waals surface area contributed by atoms with Crippen LogP contribution in [0.4, 0.5) is 0 Å². The highest BCUT2D eigenvalue weighted by molar-refractivity contribution is 6.31. The van der Waals surface area contributed by atoms with Gasteiger partial charge in [-0.15, -0.1) is 0 Å². The van der Waals surface area contributed by atoms with Crippen molar-refractivity contribution in [3.05, 3.63) is 88.7 Å². The number of nitrogens with one attached hydrogen (secondary N) is 1. The number of amides is 1. The summed E-state index contributed by atoms with van der Waals surface area (Å²) in [6.07, 6.45) is 0.792. The molecule has 0 radical (unpaired) electrons. The number of carboxylic acids is 2. The Bertz CT molecular complexity index is 1170. The Morgan fingerprint density at radius 3 is 2.38 bits per heavy atom. The number of aliphatic hydroxyl groups is 1. The molecule has 0 aliphatic heterocycles. The summed E-state index contributed by atoms with van der Waals surface area (Å²) in [4.78, 5) is 39.7. The fraction of sp³-hybridized carbons (Fsp3) is 0.130. The summed E-state index contributed by atoms with van der Waals surface area (Å²) in [6.45, 7) is 0. The second-order valence-electron chi connectivity index (χ2n) is 6.97. The van der Waals surface area contributed by atoms with Crippen molar-refractivity contribution in [1.29, 1.82) is 0 Å². The zero-order valence-electron chi connectivity index (χ0n) is 16.6. The van der Waals surface area contributed by atoms with Crippen LogP contribution < -0.4 is 5.32 Å². The summed E-state index contributed by atoms with van der Waals surface area (Å²) < 4.78 is 0. The molecule has 0 spiro atoms. The van der Waals surface area contributed by atoms with E-state index in [0.29, 0.717) is 21.7 Å². The number of pyridine rings is 1. The number of carboxylic acid groups (broad SMARTS) is 2. The molecule has 2 atom stereocenters. The van der Waals surface area contributed by atoms with Crippen molar-refractivity contribution in [2.45, 2.75) is 18.6 Å². The number of carbonyl (C=O) groups is 3. The van der Waals surface area contributed by atoms with Crippen molar-refractivity contribution >= 4 is 29.4 Å². The quantitative estimate of drug-likeness (QED) is 0.410. The molecule has 0 bridgehead atoms. The summed E-state index contributed by atoms with van der Waals surface area (Å²) in [5, 5.41) is 31.7. The number of aliphatic hydroxyl groups excluding tert-OH is 1. The normalized spacial score (nSPS) is 12.6. The minimum atomic E-state index is -1.88. The molecule has 0 aliphatic carbocycles. The lowest BCUT2D eigenvalue weighted by Gasteiger charge is -2.22. The molecular formula is C23H19ClN2O6. The second-order valence-corrected chi connectivity index (χ2v) is 7.38. The summed E-state index contributed by atoms with van der Waals surface area (Å²) in [6, 6.07) is 13.3. The van der Waals surface area contributed by atoms with Crippen LogP contribution in [-0.4, -0.2) is 50.3 Å². The van der Waals surface area contributed by atoms with Crippen molar-refractivity contribution < 1.29 is 29.7 Å². The first kappa shape index (κ1) is 22.9. The van der Waals surface area contributed by atoms with Gasteiger partial charge >= 0.3 is 11.9 Å².